The van der Waals surface area contributed by atoms with Crippen LogP contribution in [0.4, 0.5) is 0 Å². The zero-order chi connectivity index (χ0) is 6.78. The van der Waals surface area contributed by atoms with Crippen LogP contribution >= 0.6 is 0 Å². The molecule has 0 aromatic heterocycles. The number of rotatable bonds is 2. The molecule has 0 spiro atoms. The lowest BCUT2D eigenvalue weighted by atomic mass is 9.87. The molecule has 1 nitrogen and oxygen atoms in total. The molecule has 0 heterocycles. The Bertz CT molecular complexity index is 64.8. The fourth-order valence-electron chi connectivity index (χ4n) is 0.408. The second-order valence-corrected chi connectivity index (χ2v) is 2.74. The minimum Gasteiger partial charge on any atom is -0.325 e. The summed E-state index contributed by atoms with van der Waals surface area (Å²) < 4.78 is 0. The van der Waals surface area contributed by atoms with E-state index in [0.717, 1.165) is 6.42 Å². The average molecular weight is 114 g/mol. The van der Waals surface area contributed by atoms with E-state index < -0.39 is 0 Å². The van der Waals surface area contributed by atoms with Gasteiger partial charge in [-0.2, -0.15) is 0 Å². The first-order valence-electron chi connectivity index (χ1n) is 3.15. The normalized spacial score (nSPS) is 18.8. The lowest BCUT2D eigenvalue weighted by Crippen LogP contribution is -2.41. The maximum atomic E-state index is 5.75. The van der Waals surface area contributed by atoms with Crippen molar-refractivity contribution in [3.63, 3.8) is 0 Å². The van der Waals surface area contributed by atoms with Crippen LogP contribution in [0.5, 0.6) is 0 Å². The van der Waals surface area contributed by atoms with Crippen molar-refractivity contribution in [1.82, 2.24) is 0 Å². The Balaban J connectivity index is 3.71. The van der Waals surface area contributed by atoms with Gasteiger partial charge in [0, 0.05) is 5.54 Å². The molecule has 0 saturated heterocycles. The minimum atomic E-state index is -0.208. The third-order valence-electron chi connectivity index (χ3n) is 1.81. The van der Waals surface area contributed by atoms with Crippen LogP contribution in [0.3, 0.4) is 0 Å². The third kappa shape index (κ3) is 1.83. The molecule has 49 valence electrons. The average Bonchev–Trinajstić information content (AvgIpc) is 1.67. The van der Waals surface area contributed by atoms with Crippen molar-refractivity contribution in [3.8, 4) is 0 Å². The summed E-state index contributed by atoms with van der Waals surface area (Å²) in [6.45, 7) is 10.1. The number of hydrogen-bond acceptors (Lipinski definition) is 1. The molecule has 1 atom stereocenters. The van der Waals surface area contributed by atoms with E-state index in [0.29, 0.717) is 5.92 Å². The minimum absolute atomic E-state index is 0.208. The Morgan fingerprint density at radius 3 is 2.00 bits per heavy atom. The molecule has 1 unspecified atom stereocenters. The molecule has 1 heteroatoms. The van der Waals surface area contributed by atoms with E-state index >= 15 is 0 Å². The molecular weight excluding hydrogens is 98.1 g/mol. The highest BCUT2D eigenvalue weighted by atomic mass is 14.7. The van der Waals surface area contributed by atoms with Gasteiger partial charge in [-0.05, 0) is 19.3 Å². The Morgan fingerprint density at radius 1 is 1.62 bits per heavy atom. The van der Waals surface area contributed by atoms with Gasteiger partial charge < -0.3 is 5.73 Å². The van der Waals surface area contributed by atoms with Crippen LogP contribution in [-0.2, 0) is 0 Å². The molecule has 0 aromatic carbocycles. The van der Waals surface area contributed by atoms with Crippen LogP contribution in [0.1, 0.15) is 27.2 Å². The second-order valence-electron chi connectivity index (χ2n) is 2.74. The largest absolute Gasteiger partial charge is 0.325 e. The lowest BCUT2D eigenvalue weighted by molar-refractivity contribution is 0.370. The summed E-state index contributed by atoms with van der Waals surface area (Å²) in [5.74, 6) is 0.479. The smallest absolute Gasteiger partial charge is 0.0175 e. The van der Waals surface area contributed by atoms with Gasteiger partial charge in [-0.1, -0.05) is 20.8 Å². The van der Waals surface area contributed by atoms with Crippen LogP contribution in [0.2, 0.25) is 0 Å². The fourth-order valence-corrected chi connectivity index (χ4v) is 0.408. The number of hydrogen-bond donors (Lipinski definition) is 1. The van der Waals surface area contributed by atoms with Crippen molar-refractivity contribution in [2.75, 3.05) is 0 Å². The molecule has 0 fully saturated rings. The predicted molar refractivity (Wildman–Crippen MR) is 37.4 cm³/mol. The van der Waals surface area contributed by atoms with Gasteiger partial charge in [0.15, 0.2) is 0 Å². The van der Waals surface area contributed by atoms with Gasteiger partial charge in [0.2, 0.25) is 0 Å². The Kier molecular flexibility index (Phi) is 2.48. The van der Waals surface area contributed by atoms with E-state index in [4.69, 9.17) is 5.73 Å². The molecule has 0 bridgehead atoms. The van der Waals surface area contributed by atoms with Crippen LogP contribution in [0.25, 0.3) is 0 Å². The van der Waals surface area contributed by atoms with Crippen LogP contribution in [0.15, 0.2) is 0 Å². The molecule has 0 saturated carbocycles. The van der Waals surface area contributed by atoms with Crippen LogP contribution in [0, 0.1) is 12.8 Å². The van der Waals surface area contributed by atoms with Crippen molar-refractivity contribution < 1.29 is 0 Å². The van der Waals surface area contributed by atoms with Gasteiger partial charge in [-0.3, -0.25) is 0 Å². The first kappa shape index (κ1) is 7.96. The Morgan fingerprint density at radius 2 is 2.00 bits per heavy atom. The summed E-state index contributed by atoms with van der Waals surface area (Å²) in [6, 6.07) is 0. The van der Waals surface area contributed by atoms with Crippen molar-refractivity contribution in [1.29, 1.82) is 0 Å². The highest BCUT2D eigenvalue weighted by molar-refractivity contribution is 4.87. The van der Waals surface area contributed by atoms with Crippen molar-refractivity contribution in [2.45, 2.75) is 32.7 Å². The molecule has 0 aliphatic rings. The van der Waals surface area contributed by atoms with Crippen LogP contribution < -0.4 is 5.73 Å². The van der Waals surface area contributed by atoms with Gasteiger partial charge in [0.1, 0.15) is 0 Å². The monoisotopic (exact) mass is 114 g/mol. The van der Waals surface area contributed by atoms with Crippen molar-refractivity contribution >= 4 is 0 Å². The van der Waals surface area contributed by atoms with Gasteiger partial charge in [0.05, 0.1) is 0 Å². The first-order chi connectivity index (χ1) is 3.50. The van der Waals surface area contributed by atoms with E-state index in [1.807, 2.05) is 0 Å². The van der Waals surface area contributed by atoms with Crippen LogP contribution in [-0.4, -0.2) is 5.54 Å². The maximum absolute atomic E-state index is 5.75. The SMILES string of the molecule is [CH2]C(N)(CC)C(C)C. The molecule has 0 aromatic rings. The molecule has 0 aliphatic heterocycles. The van der Waals surface area contributed by atoms with E-state index in [-0.39, 0.29) is 5.54 Å². The van der Waals surface area contributed by atoms with Gasteiger partial charge in [-0.15, -0.1) is 0 Å². The Hall–Kier alpha value is -0.0400. The quantitative estimate of drug-likeness (QED) is 0.579. The zero-order valence-electron chi connectivity index (χ0n) is 6.07. The standard InChI is InChI=1S/C7H16N/c1-5-7(4,8)6(2)3/h6H,4-5,8H2,1-3H3. The van der Waals surface area contributed by atoms with Gasteiger partial charge in [-0.25, -0.2) is 0 Å². The summed E-state index contributed by atoms with van der Waals surface area (Å²) in [7, 11) is 0. The van der Waals surface area contributed by atoms with Gasteiger partial charge in [0.25, 0.3) is 0 Å². The van der Waals surface area contributed by atoms with E-state index in [1.165, 1.54) is 0 Å². The summed E-state index contributed by atoms with van der Waals surface area (Å²) >= 11 is 0. The molecule has 8 heavy (non-hydrogen) atoms. The Labute approximate surface area is 52.3 Å². The lowest BCUT2D eigenvalue weighted by Gasteiger charge is -2.26. The highest BCUT2D eigenvalue weighted by Crippen LogP contribution is 2.15. The summed E-state index contributed by atoms with van der Waals surface area (Å²) in [5, 5.41) is 0. The third-order valence-corrected chi connectivity index (χ3v) is 1.81. The molecule has 0 rings (SSSR count). The van der Waals surface area contributed by atoms with Crippen molar-refractivity contribution in [3.05, 3.63) is 6.92 Å². The van der Waals surface area contributed by atoms with E-state index in [2.05, 4.69) is 27.7 Å². The van der Waals surface area contributed by atoms with E-state index in [1.54, 1.807) is 0 Å². The fraction of sp³-hybridized carbons (Fsp3) is 0.857. The zero-order valence-corrected chi connectivity index (χ0v) is 6.07. The highest BCUT2D eigenvalue weighted by Gasteiger charge is 2.19. The number of nitrogens with two attached hydrogens (primary N) is 1. The molecule has 0 amide bonds. The molecule has 2 N–H and O–H groups in total. The van der Waals surface area contributed by atoms with E-state index in [9.17, 15) is 0 Å². The van der Waals surface area contributed by atoms with Gasteiger partial charge >= 0.3 is 0 Å². The maximum Gasteiger partial charge on any atom is 0.0175 e. The second kappa shape index (κ2) is 2.49. The molecule has 0 aliphatic carbocycles. The summed E-state index contributed by atoms with van der Waals surface area (Å²) in [5.41, 5.74) is 5.54. The van der Waals surface area contributed by atoms with Crippen molar-refractivity contribution in [2.24, 2.45) is 11.7 Å². The molecular formula is C7H16N. The molecule has 1 radical (unpaired) electrons. The predicted octanol–water partition coefficient (Wildman–Crippen LogP) is 1.58. The topological polar surface area (TPSA) is 26.0 Å². The summed E-state index contributed by atoms with van der Waals surface area (Å²) in [6.07, 6.45) is 0.949. The first-order valence-corrected chi connectivity index (χ1v) is 3.15. The summed E-state index contributed by atoms with van der Waals surface area (Å²) in [4.78, 5) is 0.